The highest BCUT2D eigenvalue weighted by Gasteiger charge is 2.35. The Morgan fingerprint density at radius 3 is 2.28 bits per heavy atom. The molecular weight excluding hydrogens is 314 g/mol. The topological polar surface area (TPSA) is 36.0 Å². The predicted octanol–water partition coefficient (Wildman–Crippen LogP) is 2.31. The molecule has 5 heteroatoms. The third-order valence-electron chi connectivity index (χ3n) is 5.95. The Morgan fingerprint density at radius 1 is 1.12 bits per heavy atom. The fourth-order valence-electron chi connectivity index (χ4n) is 3.69. The average Bonchev–Trinajstić information content (AvgIpc) is 2.56. The van der Waals surface area contributed by atoms with E-state index < -0.39 is 0 Å². The molecule has 1 saturated carbocycles. The van der Waals surface area contributed by atoms with E-state index in [1.54, 1.807) is 0 Å². The van der Waals surface area contributed by atoms with Crippen LogP contribution >= 0.6 is 0 Å². The Kier molecular flexibility index (Phi) is 8.17. The lowest BCUT2D eigenvalue weighted by atomic mass is 9.87. The van der Waals surface area contributed by atoms with Crippen LogP contribution in [0.2, 0.25) is 0 Å². The molecule has 5 nitrogen and oxygen atoms in total. The fourth-order valence-corrected chi connectivity index (χ4v) is 3.69. The van der Waals surface area contributed by atoms with Gasteiger partial charge >= 0.3 is 0 Å². The summed E-state index contributed by atoms with van der Waals surface area (Å²) in [7, 11) is 1.93. The fraction of sp³-hybridized carbons (Fsp3) is 0.950. The molecule has 2 aliphatic rings. The van der Waals surface area contributed by atoms with Gasteiger partial charge in [0.2, 0.25) is 5.91 Å². The molecular formula is C20H39N3O2. The molecule has 1 aliphatic heterocycles. The van der Waals surface area contributed by atoms with E-state index in [0.29, 0.717) is 12.1 Å². The van der Waals surface area contributed by atoms with Gasteiger partial charge in [0.1, 0.15) is 0 Å². The standard InChI is InChI=1S/C20H39N3O2/c1-6-17(4)15-23-9-7-22(8-10-23)11-12-25-19-13-18(14-19)21(5)20(24)16(2)3/h16-19H,6-15H2,1-5H3/t17?,18-,19-. The number of amides is 1. The first-order valence-electron chi connectivity index (χ1n) is 10.2. The lowest BCUT2D eigenvalue weighted by Crippen LogP contribution is -2.51. The number of hydrogen-bond donors (Lipinski definition) is 0. The van der Waals surface area contributed by atoms with E-state index in [2.05, 4.69) is 23.6 Å². The van der Waals surface area contributed by atoms with Crippen LogP contribution in [0.5, 0.6) is 0 Å². The van der Waals surface area contributed by atoms with Crippen molar-refractivity contribution in [1.29, 1.82) is 0 Å². The number of rotatable bonds is 9. The number of nitrogens with zero attached hydrogens (tertiary/aromatic N) is 3. The van der Waals surface area contributed by atoms with Gasteiger partial charge in [0.15, 0.2) is 0 Å². The maximum absolute atomic E-state index is 12.0. The summed E-state index contributed by atoms with van der Waals surface area (Å²) in [5.41, 5.74) is 0. The van der Waals surface area contributed by atoms with Gasteiger partial charge in [-0.3, -0.25) is 9.69 Å². The van der Waals surface area contributed by atoms with Crippen molar-refractivity contribution in [3.05, 3.63) is 0 Å². The third kappa shape index (κ3) is 6.22. The maximum Gasteiger partial charge on any atom is 0.225 e. The first kappa shape index (κ1) is 20.7. The van der Waals surface area contributed by atoms with E-state index in [1.807, 2.05) is 25.8 Å². The molecule has 0 aromatic rings. The molecule has 0 radical (unpaired) electrons. The Bertz CT molecular complexity index is 402. The largest absolute Gasteiger partial charge is 0.377 e. The van der Waals surface area contributed by atoms with E-state index in [4.69, 9.17) is 4.74 Å². The summed E-state index contributed by atoms with van der Waals surface area (Å²) in [6, 6.07) is 0.379. The van der Waals surface area contributed by atoms with Crippen LogP contribution < -0.4 is 0 Å². The lowest BCUT2D eigenvalue weighted by molar-refractivity contribution is -0.140. The van der Waals surface area contributed by atoms with Gasteiger partial charge < -0.3 is 14.5 Å². The predicted molar refractivity (Wildman–Crippen MR) is 103 cm³/mol. The molecule has 0 spiro atoms. The summed E-state index contributed by atoms with van der Waals surface area (Å²) in [6.07, 6.45) is 3.61. The van der Waals surface area contributed by atoms with E-state index in [9.17, 15) is 4.79 Å². The summed E-state index contributed by atoms with van der Waals surface area (Å²) >= 11 is 0. The zero-order chi connectivity index (χ0) is 18.4. The summed E-state index contributed by atoms with van der Waals surface area (Å²) in [6.45, 7) is 16.4. The second-order valence-corrected chi connectivity index (χ2v) is 8.38. The van der Waals surface area contributed by atoms with Crippen LogP contribution in [-0.2, 0) is 9.53 Å². The Morgan fingerprint density at radius 2 is 1.72 bits per heavy atom. The van der Waals surface area contributed by atoms with Crippen LogP contribution in [0.1, 0.15) is 47.0 Å². The highest BCUT2D eigenvalue weighted by molar-refractivity contribution is 5.78. The van der Waals surface area contributed by atoms with Crippen molar-refractivity contribution < 1.29 is 9.53 Å². The van der Waals surface area contributed by atoms with Crippen molar-refractivity contribution in [3.8, 4) is 0 Å². The van der Waals surface area contributed by atoms with Crippen molar-refractivity contribution in [1.82, 2.24) is 14.7 Å². The minimum Gasteiger partial charge on any atom is -0.377 e. The zero-order valence-corrected chi connectivity index (χ0v) is 17.0. The van der Waals surface area contributed by atoms with Crippen LogP contribution in [0.3, 0.4) is 0 Å². The molecule has 146 valence electrons. The number of carbonyl (C=O) groups excluding carboxylic acids is 1. The Hall–Kier alpha value is -0.650. The Labute approximate surface area is 154 Å². The van der Waals surface area contributed by atoms with Crippen molar-refractivity contribution in [2.75, 3.05) is 52.9 Å². The van der Waals surface area contributed by atoms with Crippen LogP contribution in [0.25, 0.3) is 0 Å². The summed E-state index contributed by atoms with van der Waals surface area (Å²) in [4.78, 5) is 19.0. The molecule has 1 atom stereocenters. The molecule has 1 aliphatic carbocycles. The summed E-state index contributed by atoms with van der Waals surface area (Å²) in [5, 5.41) is 0. The number of piperazine rings is 1. The molecule has 25 heavy (non-hydrogen) atoms. The summed E-state index contributed by atoms with van der Waals surface area (Å²) < 4.78 is 6.02. The minimum atomic E-state index is 0.0870. The van der Waals surface area contributed by atoms with E-state index in [0.717, 1.165) is 31.9 Å². The van der Waals surface area contributed by atoms with Gasteiger partial charge in [-0.2, -0.15) is 0 Å². The van der Waals surface area contributed by atoms with Gasteiger partial charge in [-0.05, 0) is 18.8 Å². The molecule has 0 aromatic heterocycles. The molecule has 1 amide bonds. The quantitative estimate of drug-likeness (QED) is 0.637. The van der Waals surface area contributed by atoms with E-state index >= 15 is 0 Å². The van der Waals surface area contributed by atoms with Crippen LogP contribution in [-0.4, -0.2) is 85.7 Å². The first-order valence-corrected chi connectivity index (χ1v) is 10.2. The molecule has 2 rings (SSSR count). The van der Waals surface area contributed by atoms with Gasteiger partial charge in [0.05, 0.1) is 12.7 Å². The Balaban J connectivity index is 1.53. The molecule has 2 fully saturated rings. The van der Waals surface area contributed by atoms with Gasteiger partial charge in [-0.25, -0.2) is 0 Å². The molecule has 0 bridgehead atoms. The molecule has 0 aromatic carbocycles. The SMILES string of the molecule is CCC(C)CN1CCN(CCO[C@H]2C[C@H](N(C)C(=O)C(C)C)C2)CC1. The molecule has 0 N–H and O–H groups in total. The monoisotopic (exact) mass is 353 g/mol. The van der Waals surface area contributed by atoms with Crippen LogP contribution in [0.4, 0.5) is 0 Å². The smallest absolute Gasteiger partial charge is 0.225 e. The first-order chi connectivity index (χ1) is 11.9. The second kappa shape index (κ2) is 9.89. The summed E-state index contributed by atoms with van der Waals surface area (Å²) in [5.74, 6) is 1.14. The van der Waals surface area contributed by atoms with Crippen LogP contribution in [0, 0.1) is 11.8 Å². The third-order valence-corrected chi connectivity index (χ3v) is 5.95. The van der Waals surface area contributed by atoms with E-state index in [1.165, 1.54) is 39.1 Å². The van der Waals surface area contributed by atoms with Crippen LogP contribution in [0.15, 0.2) is 0 Å². The number of hydrogen-bond acceptors (Lipinski definition) is 4. The highest BCUT2D eigenvalue weighted by Crippen LogP contribution is 2.28. The highest BCUT2D eigenvalue weighted by atomic mass is 16.5. The maximum atomic E-state index is 12.0. The van der Waals surface area contributed by atoms with Crippen molar-refractivity contribution in [3.63, 3.8) is 0 Å². The van der Waals surface area contributed by atoms with Crippen molar-refractivity contribution in [2.24, 2.45) is 11.8 Å². The van der Waals surface area contributed by atoms with Crippen molar-refractivity contribution >= 4 is 5.91 Å². The average molecular weight is 354 g/mol. The minimum absolute atomic E-state index is 0.0870. The molecule has 1 heterocycles. The molecule has 1 saturated heterocycles. The lowest BCUT2D eigenvalue weighted by Gasteiger charge is -2.42. The van der Waals surface area contributed by atoms with Gasteiger partial charge in [-0.15, -0.1) is 0 Å². The second-order valence-electron chi connectivity index (χ2n) is 8.38. The normalized spacial score (nSPS) is 26.5. The van der Waals surface area contributed by atoms with Crippen molar-refractivity contribution in [2.45, 2.75) is 59.1 Å². The van der Waals surface area contributed by atoms with Gasteiger partial charge in [-0.1, -0.05) is 34.1 Å². The number of carbonyl (C=O) groups is 1. The number of ether oxygens (including phenoxy) is 1. The van der Waals surface area contributed by atoms with Gasteiger partial charge in [0, 0.05) is 58.3 Å². The zero-order valence-electron chi connectivity index (χ0n) is 17.0. The van der Waals surface area contributed by atoms with Gasteiger partial charge in [0.25, 0.3) is 0 Å². The molecule has 1 unspecified atom stereocenters. The van der Waals surface area contributed by atoms with E-state index in [-0.39, 0.29) is 11.8 Å².